The Balaban J connectivity index is 2.15. The zero-order valence-corrected chi connectivity index (χ0v) is 11.2. The van der Waals surface area contributed by atoms with E-state index in [4.69, 9.17) is 4.52 Å². The molecule has 0 amide bonds. The van der Waals surface area contributed by atoms with Crippen molar-refractivity contribution < 1.29 is 4.52 Å². The van der Waals surface area contributed by atoms with Gasteiger partial charge >= 0.3 is 0 Å². The van der Waals surface area contributed by atoms with Gasteiger partial charge in [-0.25, -0.2) is 0 Å². The van der Waals surface area contributed by atoms with Crippen molar-refractivity contribution in [1.82, 2.24) is 10.5 Å². The van der Waals surface area contributed by atoms with Gasteiger partial charge in [0.2, 0.25) is 0 Å². The maximum absolute atomic E-state index is 5.39. The van der Waals surface area contributed by atoms with Crippen molar-refractivity contribution in [1.29, 1.82) is 0 Å². The predicted molar refractivity (Wildman–Crippen MR) is 72.4 cm³/mol. The highest BCUT2D eigenvalue weighted by Crippen LogP contribution is 2.19. The number of nitrogens with one attached hydrogen (secondary N) is 1. The maximum atomic E-state index is 5.39. The van der Waals surface area contributed by atoms with E-state index in [2.05, 4.69) is 48.6 Å². The molecule has 1 N–H and O–H groups in total. The summed E-state index contributed by atoms with van der Waals surface area (Å²) in [5, 5.41) is 7.50. The van der Waals surface area contributed by atoms with Gasteiger partial charge in [-0.2, -0.15) is 0 Å². The summed E-state index contributed by atoms with van der Waals surface area (Å²) in [7, 11) is 0. The third-order valence-corrected chi connectivity index (χ3v) is 2.81. The molecule has 0 aliphatic rings. The van der Waals surface area contributed by atoms with Gasteiger partial charge in [-0.3, -0.25) is 0 Å². The van der Waals surface area contributed by atoms with Crippen molar-refractivity contribution in [2.24, 2.45) is 0 Å². The van der Waals surface area contributed by atoms with E-state index in [0.717, 1.165) is 17.9 Å². The Labute approximate surface area is 108 Å². The third-order valence-electron chi connectivity index (χ3n) is 2.81. The second kappa shape index (κ2) is 5.83. The normalized spacial score (nSPS) is 12.9. The van der Waals surface area contributed by atoms with E-state index in [0.29, 0.717) is 6.04 Å². The summed E-state index contributed by atoms with van der Waals surface area (Å²) >= 11 is 0. The fourth-order valence-electron chi connectivity index (χ4n) is 2.04. The lowest BCUT2D eigenvalue weighted by Crippen LogP contribution is -2.29. The Morgan fingerprint density at radius 2 is 1.94 bits per heavy atom. The summed E-state index contributed by atoms with van der Waals surface area (Å²) in [6.45, 7) is 6.23. The first-order valence-corrected chi connectivity index (χ1v) is 6.38. The van der Waals surface area contributed by atoms with Gasteiger partial charge in [-0.1, -0.05) is 49.3 Å². The molecule has 0 bridgehead atoms. The summed E-state index contributed by atoms with van der Waals surface area (Å²) in [5.74, 6) is 0.907. The second-order valence-corrected chi connectivity index (χ2v) is 4.93. The highest BCUT2D eigenvalue weighted by Gasteiger charge is 2.17. The zero-order valence-electron chi connectivity index (χ0n) is 11.2. The van der Waals surface area contributed by atoms with Crippen LogP contribution in [0, 0.1) is 6.92 Å². The Kier molecular flexibility index (Phi) is 4.15. The fraction of sp³-hybridized carbons (Fsp3) is 0.400. The molecule has 3 heteroatoms. The third kappa shape index (κ3) is 3.44. The molecule has 0 radical (unpaired) electrons. The minimum atomic E-state index is 0.175. The van der Waals surface area contributed by atoms with Gasteiger partial charge in [0.25, 0.3) is 0 Å². The molecule has 0 unspecified atom stereocenters. The van der Waals surface area contributed by atoms with Gasteiger partial charge in [0.05, 0.1) is 11.7 Å². The van der Waals surface area contributed by atoms with Gasteiger partial charge in [0, 0.05) is 12.1 Å². The molecular formula is C15H20N2O. The quantitative estimate of drug-likeness (QED) is 0.877. The molecular weight excluding hydrogens is 224 g/mol. The van der Waals surface area contributed by atoms with Crippen molar-refractivity contribution in [2.75, 3.05) is 0 Å². The zero-order chi connectivity index (χ0) is 13.0. The summed E-state index contributed by atoms with van der Waals surface area (Å²) in [5.41, 5.74) is 2.22. The lowest BCUT2D eigenvalue weighted by Gasteiger charge is -2.18. The van der Waals surface area contributed by atoms with Gasteiger partial charge in [-0.05, 0) is 18.9 Å². The standard InChI is InChI=1S/C15H20N2O/c1-11(2)16-14(15-9-12(3)17-18-15)10-13-7-5-4-6-8-13/h4-9,11,14,16H,10H2,1-3H3/t14-/m0/s1. The maximum Gasteiger partial charge on any atom is 0.154 e. The lowest BCUT2D eigenvalue weighted by atomic mass is 10.0. The monoisotopic (exact) mass is 244 g/mol. The summed E-state index contributed by atoms with van der Waals surface area (Å²) in [6, 6.07) is 13.0. The van der Waals surface area contributed by atoms with Crippen LogP contribution in [0.4, 0.5) is 0 Å². The van der Waals surface area contributed by atoms with Crippen LogP contribution in [0.1, 0.15) is 36.9 Å². The molecule has 2 rings (SSSR count). The Bertz CT molecular complexity index is 476. The smallest absolute Gasteiger partial charge is 0.154 e. The molecule has 0 saturated carbocycles. The lowest BCUT2D eigenvalue weighted by molar-refractivity contribution is 0.324. The van der Waals surface area contributed by atoms with E-state index in [9.17, 15) is 0 Å². The highest BCUT2D eigenvalue weighted by molar-refractivity contribution is 5.19. The Morgan fingerprint density at radius 1 is 1.22 bits per heavy atom. The van der Waals surface area contributed by atoms with E-state index >= 15 is 0 Å². The summed E-state index contributed by atoms with van der Waals surface area (Å²) in [6.07, 6.45) is 0.910. The Hall–Kier alpha value is -1.61. The average Bonchev–Trinajstić information content (AvgIpc) is 2.76. The molecule has 96 valence electrons. The van der Waals surface area contributed by atoms with Gasteiger partial charge in [0.1, 0.15) is 0 Å². The van der Waals surface area contributed by atoms with E-state index in [-0.39, 0.29) is 6.04 Å². The molecule has 1 atom stereocenters. The molecule has 1 aromatic heterocycles. The summed E-state index contributed by atoms with van der Waals surface area (Å²) < 4.78 is 5.39. The number of hydrogen-bond acceptors (Lipinski definition) is 3. The van der Waals surface area contributed by atoms with Crippen molar-refractivity contribution >= 4 is 0 Å². The van der Waals surface area contributed by atoms with Crippen LogP contribution in [0.15, 0.2) is 40.9 Å². The predicted octanol–water partition coefficient (Wildman–Crippen LogP) is 3.26. The van der Waals surface area contributed by atoms with Crippen LogP contribution in [-0.4, -0.2) is 11.2 Å². The number of nitrogens with zero attached hydrogens (tertiary/aromatic N) is 1. The molecule has 18 heavy (non-hydrogen) atoms. The number of aryl methyl sites for hydroxylation is 1. The molecule has 0 aliphatic carbocycles. The van der Waals surface area contributed by atoms with Crippen LogP contribution in [0.3, 0.4) is 0 Å². The van der Waals surface area contributed by atoms with Crippen LogP contribution < -0.4 is 5.32 Å². The van der Waals surface area contributed by atoms with Crippen molar-refractivity contribution in [3.63, 3.8) is 0 Å². The topological polar surface area (TPSA) is 38.1 Å². The first-order chi connectivity index (χ1) is 8.65. The van der Waals surface area contributed by atoms with Crippen LogP contribution >= 0.6 is 0 Å². The first kappa shape index (κ1) is 12.8. The molecule has 2 aromatic rings. The van der Waals surface area contributed by atoms with E-state index in [1.807, 2.05) is 19.1 Å². The highest BCUT2D eigenvalue weighted by atomic mass is 16.5. The Morgan fingerprint density at radius 3 is 2.50 bits per heavy atom. The van der Waals surface area contributed by atoms with Crippen molar-refractivity contribution in [3.05, 3.63) is 53.4 Å². The van der Waals surface area contributed by atoms with Gasteiger partial charge in [-0.15, -0.1) is 0 Å². The first-order valence-electron chi connectivity index (χ1n) is 6.38. The SMILES string of the molecule is Cc1cc([C@H](Cc2ccccc2)NC(C)C)on1. The van der Waals surface area contributed by atoms with E-state index in [1.165, 1.54) is 5.56 Å². The molecule has 1 aromatic carbocycles. The molecule has 3 nitrogen and oxygen atoms in total. The van der Waals surface area contributed by atoms with Crippen molar-refractivity contribution in [2.45, 2.75) is 39.3 Å². The number of hydrogen-bond donors (Lipinski definition) is 1. The van der Waals surface area contributed by atoms with Crippen LogP contribution in [0.5, 0.6) is 0 Å². The summed E-state index contributed by atoms with van der Waals surface area (Å²) in [4.78, 5) is 0. The van der Waals surface area contributed by atoms with Gasteiger partial charge in [0.15, 0.2) is 5.76 Å². The number of benzene rings is 1. The van der Waals surface area contributed by atoms with Gasteiger partial charge < -0.3 is 9.84 Å². The van der Waals surface area contributed by atoms with Crippen molar-refractivity contribution in [3.8, 4) is 0 Å². The number of rotatable bonds is 5. The minimum Gasteiger partial charge on any atom is -0.359 e. The van der Waals surface area contributed by atoms with E-state index < -0.39 is 0 Å². The fourth-order valence-corrected chi connectivity index (χ4v) is 2.04. The molecule has 1 heterocycles. The molecule has 0 saturated heterocycles. The molecule has 0 spiro atoms. The number of aromatic nitrogens is 1. The molecule has 0 fully saturated rings. The average molecular weight is 244 g/mol. The second-order valence-electron chi connectivity index (χ2n) is 4.93. The largest absolute Gasteiger partial charge is 0.359 e. The van der Waals surface area contributed by atoms with Crippen LogP contribution in [0.2, 0.25) is 0 Å². The minimum absolute atomic E-state index is 0.175. The van der Waals surface area contributed by atoms with Crippen LogP contribution in [0.25, 0.3) is 0 Å². The molecule has 0 aliphatic heterocycles. The van der Waals surface area contributed by atoms with Crippen LogP contribution in [-0.2, 0) is 6.42 Å². The van der Waals surface area contributed by atoms with E-state index in [1.54, 1.807) is 0 Å².